The summed E-state index contributed by atoms with van der Waals surface area (Å²) in [5.41, 5.74) is 2.20. The van der Waals surface area contributed by atoms with Crippen molar-refractivity contribution in [2.24, 2.45) is 5.84 Å². The number of hydrogen-bond acceptors (Lipinski definition) is 3. The van der Waals surface area contributed by atoms with Gasteiger partial charge in [-0.25, -0.2) is 5.84 Å². The van der Waals surface area contributed by atoms with Crippen LogP contribution in [-0.2, 0) is 4.74 Å². The van der Waals surface area contributed by atoms with Crippen LogP contribution in [0.2, 0.25) is 0 Å². The van der Waals surface area contributed by atoms with Crippen LogP contribution in [0.4, 0.5) is 0 Å². The van der Waals surface area contributed by atoms with Crippen molar-refractivity contribution >= 4 is 0 Å². The molecule has 0 heterocycles. The fourth-order valence-electron chi connectivity index (χ4n) is 0.0589. The van der Waals surface area contributed by atoms with Crippen LogP contribution in [0.15, 0.2) is 12.5 Å². The Kier molecular flexibility index (Phi) is 2.24. The van der Waals surface area contributed by atoms with Crippen molar-refractivity contribution in [3.8, 4) is 0 Å². The smallest absolute Gasteiger partial charge is 0.193 e. The van der Waals surface area contributed by atoms with Crippen molar-refractivity contribution < 1.29 is 4.74 Å². The minimum Gasteiger partial charge on any atom is -0.482 e. The first-order valence-corrected chi connectivity index (χ1v) is 1.50. The zero-order valence-electron chi connectivity index (χ0n) is 3.69. The van der Waals surface area contributed by atoms with E-state index in [9.17, 15) is 0 Å². The van der Waals surface area contributed by atoms with Gasteiger partial charge < -0.3 is 4.74 Å². The van der Waals surface area contributed by atoms with Gasteiger partial charge in [-0.05, 0) is 6.58 Å². The number of hydrazine groups is 1. The maximum absolute atomic E-state index is 4.81. The van der Waals surface area contributed by atoms with Gasteiger partial charge in [0.2, 0.25) is 0 Å². The van der Waals surface area contributed by atoms with E-state index in [0.717, 1.165) is 0 Å². The second-order valence-electron chi connectivity index (χ2n) is 0.772. The van der Waals surface area contributed by atoms with Gasteiger partial charge in [0.15, 0.2) is 5.88 Å². The third-order valence-corrected chi connectivity index (χ3v) is 0.407. The van der Waals surface area contributed by atoms with E-state index in [4.69, 9.17) is 5.84 Å². The van der Waals surface area contributed by atoms with E-state index in [1.165, 1.54) is 7.11 Å². The molecule has 0 atom stereocenters. The summed E-state index contributed by atoms with van der Waals surface area (Å²) in [6.07, 6.45) is 0. The fraction of sp³-hybridized carbons (Fsp3) is 0.333. The number of ether oxygens (including phenoxy) is 1. The molecule has 0 saturated carbocycles. The first-order chi connectivity index (χ1) is 2.81. The molecule has 0 rings (SSSR count). The largest absolute Gasteiger partial charge is 0.482 e. The van der Waals surface area contributed by atoms with Crippen LogP contribution in [0.5, 0.6) is 0 Å². The van der Waals surface area contributed by atoms with Crippen molar-refractivity contribution in [3.63, 3.8) is 0 Å². The topological polar surface area (TPSA) is 47.3 Å². The van der Waals surface area contributed by atoms with Gasteiger partial charge in [0.1, 0.15) is 0 Å². The summed E-state index contributed by atoms with van der Waals surface area (Å²) in [7, 11) is 1.49. The van der Waals surface area contributed by atoms with E-state index in [1.807, 2.05) is 0 Å². The van der Waals surface area contributed by atoms with Gasteiger partial charge in [-0.15, -0.1) is 0 Å². The Morgan fingerprint density at radius 2 is 2.50 bits per heavy atom. The van der Waals surface area contributed by atoms with Crippen molar-refractivity contribution in [1.29, 1.82) is 0 Å². The monoisotopic (exact) mass is 88.1 g/mol. The molecule has 0 amide bonds. The van der Waals surface area contributed by atoms with Gasteiger partial charge in [0.25, 0.3) is 0 Å². The predicted molar refractivity (Wildman–Crippen MR) is 23.5 cm³/mol. The Labute approximate surface area is 36.8 Å². The molecule has 3 nitrogen and oxygen atoms in total. The molecule has 0 aliphatic carbocycles. The van der Waals surface area contributed by atoms with Gasteiger partial charge >= 0.3 is 0 Å². The van der Waals surface area contributed by atoms with Crippen molar-refractivity contribution in [1.82, 2.24) is 5.43 Å². The summed E-state index contributed by atoms with van der Waals surface area (Å²) in [4.78, 5) is 0. The zero-order valence-corrected chi connectivity index (χ0v) is 3.69. The van der Waals surface area contributed by atoms with Gasteiger partial charge in [-0.2, -0.15) is 0 Å². The second kappa shape index (κ2) is 2.53. The molecule has 3 heteroatoms. The van der Waals surface area contributed by atoms with Crippen molar-refractivity contribution in [2.75, 3.05) is 7.11 Å². The number of nitrogens with two attached hydrogens (primary N) is 1. The molecule has 0 aliphatic heterocycles. The van der Waals surface area contributed by atoms with E-state index in [-0.39, 0.29) is 0 Å². The Bertz CT molecular complexity index is 46.8. The lowest BCUT2D eigenvalue weighted by molar-refractivity contribution is 0.265. The molecule has 0 spiro atoms. The molecule has 36 valence electrons. The normalized spacial score (nSPS) is 7.00. The van der Waals surface area contributed by atoms with E-state index < -0.39 is 0 Å². The Hall–Kier alpha value is -0.700. The molecule has 0 aromatic heterocycles. The lowest BCUT2D eigenvalue weighted by Crippen LogP contribution is -2.20. The molecule has 0 aromatic carbocycles. The molecule has 0 fully saturated rings. The lowest BCUT2D eigenvalue weighted by atomic mass is 10.9. The van der Waals surface area contributed by atoms with Crippen LogP contribution < -0.4 is 11.3 Å². The van der Waals surface area contributed by atoms with Crippen LogP contribution >= 0.6 is 0 Å². The molecule has 0 saturated heterocycles. The average Bonchev–Trinajstić information content (AvgIpc) is 1.65. The van der Waals surface area contributed by atoms with Gasteiger partial charge in [-0.1, -0.05) is 0 Å². The van der Waals surface area contributed by atoms with Crippen LogP contribution in [-0.4, -0.2) is 7.11 Å². The number of nitrogens with one attached hydrogen (secondary N) is 1. The molecule has 0 aliphatic rings. The fourth-order valence-corrected chi connectivity index (χ4v) is 0.0589. The number of hydrogen-bond donors (Lipinski definition) is 2. The maximum atomic E-state index is 4.81. The van der Waals surface area contributed by atoms with Crippen molar-refractivity contribution in [2.45, 2.75) is 0 Å². The van der Waals surface area contributed by atoms with Gasteiger partial charge in [0.05, 0.1) is 7.11 Å². The lowest BCUT2D eigenvalue weighted by Gasteiger charge is -1.97. The standard InChI is InChI=1S/C3H8N2O/c1-3(5-4)6-2/h5H,1,4H2,2H3. The summed E-state index contributed by atoms with van der Waals surface area (Å²) < 4.78 is 4.47. The molecular formula is C3H8N2O. The molecule has 0 aromatic rings. The van der Waals surface area contributed by atoms with E-state index in [0.29, 0.717) is 5.88 Å². The average molecular weight is 88.1 g/mol. The highest BCUT2D eigenvalue weighted by molar-refractivity contribution is 4.72. The van der Waals surface area contributed by atoms with E-state index in [1.54, 1.807) is 0 Å². The second-order valence-corrected chi connectivity index (χ2v) is 0.772. The zero-order chi connectivity index (χ0) is 4.99. The summed E-state index contributed by atoms with van der Waals surface area (Å²) >= 11 is 0. The van der Waals surface area contributed by atoms with Crippen LogP contribution in [0.1, 0.15) is 0 Å². The Morgan fingerprint density at radius 1 is 2.00 bits per heavy atom. The molecule has 6 heavy (non-hydrogen) atoms. The molecule has 3 N–H and O–H groups in total. The van der Waals surface area contributed by atoms with E-state index in [2.05, 4.69) is 16.7 Å². The summed E-state index contributed by atoms with van der Waals surface area (Å²) in [6.45, 7) is 3.33. The van der Waals surface area contributed by atoms with Gasteiger partial charge in [0, 0.05) is 0 Å². The number of rotatable bonds is 2. The molecule has 0 unspecified atom stereocenters. The highest BCUT2D eigenvalue weighted by Crippen LogP contribution is 1.73. The van der Waals surface area contributed by atoms with E-state index >= 15 is 0 Å². The van der Waals surface area contributed by atoms with Crippen LogP contribution in [0, 0.1) is 0 Å². The van der Waals surface area contributed by atoms with Gasteiger partial charge in [-0.3, -0.25) is 5.43 Å². The quantitative estimate of drug-likeness (QED) is 0.273. The molecule has 0 radical (unpaired) electrons. The first-order valence-electron chi connectivity index (χ1n) is 1.50. The Morgan fingerprint density at radius 3 is 2.50 bits per heavy atom. The molecular weight excluding hydrogens is 80.0 g/mol. The summed E-state index contributed by atoms with van der Waals surface area (Å²) in [5.74, 6) is 5.18. The summed E-state index contributed by atoms with van der Waals surface area (Å²) in [6, 6.07) is 0. The Balaban J connectivity index is 2.99. The first kappa shape index (κ1) is 5.30. The van der Waals surface area contributed by atoms with Crippen LogP contribution in [0.25, 0.3) is 0 Å². The maximum Gasteiger partial charge on any atom is 0.193 e. The van der Waals surface area contributed by atoms with Crippen LogP contribution in [0.3, 0.4) is 0 Å². The highest BCUT2D eigenvalue weighted by atomic mass is 16.5. The molecule has 0 bridgehead atoms. The highest BCUT2D eigenvalue weighted by Gasteiger charge is 1.74. The predicted octanol–water partition coefficient (Wildman–Crippen LogP) is -0.433. The SMILES string of the molecule is C=C(NN)OC. The third kappa shape index (κ3) is 1.60. The minimum atomic E-state index is 0.370. The third-order valence-electron chi connectivity index (χ3n) is 0.407. The minimum absolute atomic E-state index is 0.370. The number of methoxy groups -OCH3 is 1. The summed E-state index contributed by atoms with van der Waals surface area (Å²) in [5, 5.41) is 0. The van der Waals surface area contributed by atoms with Crippen molar-refractivity contribution in [3.05, 3.63) is 12.5 Å².